The maximum atomic E-state index is 12.1. The quantitative estimate of drug-likeness (QED) is 0.890. The number of carbonyl (C=O) groups is 1. The zero-order valence-corrected chi connectivity index (χ0v) is 13.7. The Labute approximate surface area is 132 Å². The Morgan fingerprint density at radius 3 is 2.67 bits per heavy atom. The summed E-state index contributed by atoms with van der Waals surface area (Å²) in [7, 11) is 0. The summed E-state index contributed by atoms with van der Waals surface area (Å²) in [5.41, 5.74) is 0.870. The van der Waals surface area contributed by atoms with Gasteiger partial charge in [0, 0.05) is 21.9 Å². The van der Waals surface area contributed by atoms with Gasteiger partial charge in [-0.1, -0.05) is 22.0 Å². The van der Waals surface area contributed by atoms with Gasteiger partial charge < -0.3 is 10.6 Å². The molecule has 5 nitrogen and oxygen atoms in total. The highest BCUT2D eigenvalue weighted by atomic mass is 79.9. The van der Waals surface area contributed by atoms with Crippen LogP contribution < -0.4 is 10.6 Å². The van der Waals surface area contributed by atoms with E-state index in [0.717, 1.165) is 10.2 Å². The number of hydrogen-bond donors (Lipinski definition) is 2. The molecule has 1 aromatic carbocycles. The average Bonchev–Trinajstić information content (AvgIpc) is 2.37. The second kappa shape index (κ2) is 6.22. The summed E-state index contributed by atoms with van der Waals surface area (Å²) in [4.78, 5) is 20.4. The highest BCUT2D eigenvalue weighted by Crippen LogP contribution is 2.18. The van der Waals surface area contributed by atoms with Gasteiger partial charge >= 0.3 is 0 Å². The van der Waals surface area contributed by atoms with Crippen molar-refractivity contribution in [2.45, 2.75) is 26.3 Å². The van der Waals surface area contributed by atoms with Gasteiger partial charge in [0.15, 0.2) is 0 Å². The molecular formula is C15H17BrN4O. The molecule has 0 saturated heterocycles. The van der Waals surface area contributed by atoms with Crippen molar-refractivity contribution in [3.05, 3.63) is 46.7 Å². The first kappa shape index (κ1) is 15.4. The zero-order valence-electron chi connectivity index (χ0n) is 12.1. The summed E-state index contributed by atoms with van der Waals surface area (Å²) in [5, 5.41) is 5.94. The van der Waals surface area contributed by atoms with Crippen molar-refractivity contribution in [1.82, 2.24) is 15.3 Å². The Hall–Kier alpha value is -1.95. The van der Waals surface area contributed by atoms with Gasteiger partial charge in [0.1, 0.15) is 5.69 Å². The standard InChI is InChI=1S/C15H17BrN4O/c1-15(2,3)20-13(21)12-7-8-17-14(19-12)18-11-6-4-5-10(16)9-11/h4-9H,1-3H3,(H,20,21)(H,17,18,19). The number of hydrogen-bond acceptors (Lipinski definition) is 4. The minimum atomic E-state index is -0.306. The number of aromatic nitrogens is 2. The van der Waals surface area contributed by atoms with Crippen molar-refractivity contribution in [2.24, 2.45) is 0 Å². The van der Waals surface area contributed by atoms with Crippen molar-refractivity contribution in [3.8, 4) is 0 Å². The molecule has 0 radical (unpaired) electrons. The molecule has 2 aromatic rings. The molecule has 110 valence electrons. The molecule has 0 atom stereocenters. The Morgan fingerprint density at radius 2 is 2.00 bits per heavy atom. The van der Waals surface area contributed by atoms with Crippen molar-refractivity contribution in [3.63, 3.8) is 0 Å². The Morgan fingerprint density at radius 1 is 1.24 bits per heavy atom. The van der Waals surface area contributed by atoms with Crippen LogP contribution in [0.15, 0.2) is 41.0 Å². The minimum Gasteiger partial charge on any atom is -0.346 e. The number of nitrogens with one attached hydrogen (secondary N) is 2. The highest BCUT2D eigenvalue weighted by Gasteiger charge is 2.16. The van der Waals surface area contributed by atoms with Gasteiger partial charge in [-0.2, -0.15) is 0 Å². The summed E-state index contributed by atoms with van der Waals surface area (Å²) in [6.45, 7) is 5.77. The van der Waals surface area contributed by atoms with E-state index in [1.54, 1.807) is 12.3 Å². The SMILES string of the molecule is CC(C)(C)NC(=O)c1ccnc(Nc2cccc(Br)c2)n1. The molecule has 6 heteroatoms. The van der Waals surface area contributed by atoms with Crippen LogP contribution in [0.3, 0.4) is 0 Å². The first-order valence-corrected chi connectivity index (χ1v) is 7.31. The zero-order chi connectivity index (χ0) is 15.5. The first-order chi connectivity index (χ1) is 9.83. The van der Waals surface area contributed by atoms with Crippen LogP contribution >= 0.6 is 15.9 Å². The molecular weight excluding hydrogens is 332 g/mol. The molecule has 0 bridgehead atoms. The normalized spacial score (nSPS) is 11.0. The number of nitrogens with zero attached hydrogens (tertiary/aromatic N) is 2. The molecule has 1 aromatic heterocycles. The molecule has 2 rings (SSSR count). The van der Waals surface area contributed by atoms with Crippen molar-refractivity contribution in [1.29, 1.82) is 0 Å². The van der Waals surface area contributed by atoms with Gasteiger partial charge in [-0.15, -0.1) is 0 Å². The lowest BCUT2D eigenvalue weighted by Gasteiger charge is -2.20. The smallest absolute Gasteiger partial charge is 0.270 e. The largest absolute Gasteiger partial charge is 0.346 e. The van der Waals surface area contributed by atoms with Crippen LogP contribution in [-0.4, -0.2) is 21.4 Å². The summed E-state index contributed by atoms with van der Waals surface area (Å²) < 4.78 is 0.953. The van der Waals surface area contributed by atoms with Gasteiger partial charge in [-0.25, -0.2) is 9.97 Å². The maximum absolute atomic E-state index is 12.1. The summed E-state index contributed by atoms with van der Waals surface area (Å²) in [5.74, 6) is 0.164. The van der Waals surface area contributed by atoms with Gasteiger partial charge in [-0.3, -0.25) is 4.79 Å². The van der Waals surface area contributed by atoms with Crippen LogP contribution in [0.5, 0.6) is 0 Å². The van der Waals surface area contributed by atoms with E-state index in [-0.39, 0.29) is 11.4 Å². The second-order valence-corrected chi connectivity index (χ2v) is 6.52. The Bertz CT molecular complexity index is 652. The van der Waals surface area contributed by atoms with Crippen LogP contribution in [0.2, 0.25) is 0 Å². The number of anilines is 2. The fraction of sp³-hybridized carbons (Fsp3) is 0.267. The van der Waals surface area contributed by atoms with Gasteiger partial charge in [0.25, 0.3) is 5.91 Å². The van der Waals surface area contributed by atoms with E-state index in [0.29, 0.717) is 11.6 Å². The van der Waals surface area contributed by atoms with Gasteiger partial charge in [-0.05, 0) is 45.0 Å². The molecule has 1 amide bonds. The fourth-order valence-corrected chi connectivity index (χ4v) is 2.04. The molecule has 0 aliphatic carbocycles. The lowest BCUT2D eigenvalue weighted by atomic mass is 10.1. The van der Waals surface area contributed by atoms with Crippen molar-refractivity contribution >= 4 is 33.5 Å². The minimum absolute atomic E-state index is 0.220. The summed E-state index contributed by atoms with van der Waals surface area (Å²) in [6, 6.07) is 9.23. The third kappa shape index (κ3) is 4.82. The van der Waals surface area contributed by atoms with E-state index < -0.39 is 0 Å². The van der Waals surface area contributed by atoms with Gasteiger partial charge in [0.2, 0.25) is 5.95 Å². The third-order valence-corrected chi connectivity index (χ3v) is 2.95. The molecule has 0 unspecified atom stereocenters. The van der Waals surface area contributed by atoms with Crippen molar-refractivity contribution < 1.29 is 4.79 Å². The van der Waals surface area contributed by atoms with Crippen LogP contribution in [-0.2, 0) is 0 Å². The average molecular weight is 349 g/mol. The Kier molecular flexibility index (Phi) is 4.57. The summed E-state index contributed by atoms with van der Waals surface area (Å²) in [6.07, 6.45) is 1.56. The predicted octanol–water partition coefficient (Wildman–Crippen LogP) is 3.51. The highest BCUT2D eigenvalue weighted by molar-refractivity contribution is 9.10. The lowest BCUT2D eigenvalue weighted by Crippen LogP contribution is -2.41. The van der Waals surface area contributed by atoms with E-state index in [4.69, 9.17) is 0 Å². The molecule has 0 aliphatic heterocycles. The second-order valence-electron chi connectivity index (χ2n) is 5.60. The van der Waals surface area contributed by atoms with Crippen LogP contribution in [0, 0.1) is 0 Å². The number of carbonyl (C=O) groups excluding carboxylic acids is 1. The molecule has 0 aliphatic rings. The molecule has 2 N–H and O–H groups in total. The van der Waals surface area contributed by atoms with E-state index in [9.17, 15) is 4.79 Å². The monoisotopic (exact) mass is 348 g/mol. The van der Waals surface area contributed by atoms with Crippen LogP contribution in [0.4, 0.5) is 11.6 Å². The van der Waals surface area contributed by atoms with Crippen molar-refractivity contribution in [2.75, 3.05) is 5.32 Å². The van der Waals surface area contributed by atoms with E-state index in [1.807, 2.05) is 45.0 Å². The Balaban J connectivity index is 2.16. The number of halogens is 1. The van der Waals surface area contributed by atoms with Crippen LogP contribution in [0.25, 0.3) is 0 Å². The maximum Gasteiger partial charge on any atom is 0.270 e. The third-order valence-electron chi connectivity index (χ3n) is 2.46. The molecule has 0 fully saturated rings. The number of rotatable bonds is 3. The van der Waals surface area contributed by atoms with E-state index in [1.165, 1.54) is 0 Å². The number of amides is 1. The molecule has 21 heavy (non-hydrogen) atoms. The topological polar surface area (TPSA) is 66.9 Å². The van der Waals surface area contributed by atoms with E-state index in [2.05, 4.69) is 36.5 Å². The molecule has 0 spiro atoms. The summed E-state index contributed by atoms with van der Waals surface area (Å²) >= 11 is 3.40. The first-order valence-electron chi connectivity index (χ1n) is 6.52. The van der Waals surface area contributed by atoms with E-state index >= 15 is 0 Å². The van der Waals surface area contributed by atoms with Gasteiger partial charge in [0.05, 0.1) is 0 Å². The molecule has 0 saturated carbocycles. The number of benzene rings is 1. The van der Waals surface area contributed by atoms with Crippen LogP contribution in [0.1, 0.15) is 31.3 Å². The fourth-order valence-electron chi connectivity index (χ4n) is 1.65. The lowest BCUT2D eigenvalue weighted by molar-refractivity contribution is 0.0914. The predicted molar refractivity (Wildman–Crippen MR) is 86.7 cm³/mol. The molecule has 1 heterocycles.